The van der Waals surface area contributed by atoms with E-state index in [2.05, 4.69) is 4.98 Å². The SMILES string of the molecule is CS(=O)(=O)C1CSCCN1C(CN)c1cccnc1. The maximum Gasteiger partial charge on any atom is 0.164 e. The zero-order valence-electron chi connectivity index (χ0n) is 10.9. The summed E-state index contributed by atoms with van der Waals surface area (Å²) in [5, 5.41) is -0.458. The number of nitrogens with two attached hydrogens (primary N) is 1. The molecule has 1 fully saturated rings. The number of hydrogen-bond acceptors (Lipinski definition) is 6. The van der Waals surface area contributed by atoms with Crippen LogP contribution in [-0.2, 0) is 9.84 Å². The van der Waals surface area contributed by atoms with Gasteiger partial charge in [-0.3, -0.25) is 9.88 Å². The fraction of sp³-hybridized carbons (Fsp3) is 0.583. The molecule has 1 aliphatic rings. The van der Waals surface area contributed by atoms with Crippen molar-refractivity contribution in [1.29, 1.82) is 0 Å². The second-order valence-corrected chi connectivity index (χ2v) is 7.99. The Morgan fingerprint density at radius 3 is 3.00 bits per heavy atom. The molecular formula is C12H19N3O2S2. The first-order valence-corrected chi connectivity index (χ1v) is 9.27. The lowest BCUT2D eigenvalue weighted by Gasteiger charge is -2.39. The average molecular weight is 301 g/mol. The van der Waals surface area contributed by atoms with Crippen LogP contribution in [0, 0.1) is 0 Å². The minimum Gasteiger partial charge on any atom is -0.329 e. The molecule has 0 aromatic carbocycles. The van der Waals surface area contributed by atoms with Crippen molar-refractivity contribution in [2.45, 2.75) is 11.4 Å². The summed E-state index contributed by atoms with van der Waals surface area (Å²) in [4.78, 5) is 6.10. The van der Waals surface area contributed by atoms with E-state index in [9.17, 15) is 8.42 Å². The Hall–Kier alpha value is -0.630. The first-order chi connectivity index (χ1) is 9.04. The third-order valence-corrected chi connectivity index (χ3v) is 5.97. The lowest BCUT2D eigenvalue weighted by Crippen LogP contribution is -2.50. The number of sulfone groups is 1. The lowest BCUT2D eigenvalue weighted by molar-refractivity contribution is 0.197. The zero-order chi connectivity index (χ0) is 13.9. The van der Waals surface area contributed by atoms with E-state index >= 15 is 0 Å². The Balaban J connectivity index is 2.30. The van der Waals surface area contributed by atoms with Crippen LogP contribution in [0.2, 0.25) is 0 Å². The largest absolute Gasteiger partial charge is 0.329 e. The quantitative estimate of drug-likeness (QED) is 0.873. The van der Waals surface area contributed by atoms with Crippen molar-refractivity contribution in [3.63, 3.8) is 0 Å². The van der Waals surface area contributed by atoms with Gasteiger partial charge in [-0.05, 0) is 11.6 Å². The molecule has 1 aromatic heterocycles. The standard InChI is InChI=1S/C12H19N3O2S2/c1-19(16,17)12-9-18-6-5-15(12)11(7-13)10-3-2-4-14-8-10/h2-4,8,11-12H,5-7,9,13H2,1H3. The molecule has 1 aromatic rings. The van der Waals surface area contributed by atoms with Crippen molar-refractivity contribution < 1.29 is 8.42 Å². The molecule has 106 valence electrons. The topological polar surface area (TPSA) is 76.3 Å². The molecule has 5 nitrogen and oxygen atoms in total. The summed E-state index contributed by atoms with van der Waals surface area (Å²) >= 11 is 1.68. The summed E-state index contributed by atoms with van der Waals surface area (Å²) in [6.45, 7) is 1.13. The van der Waals surface area contributed by atoms with E-state index < -0.39 is 15.2 Å². The summed E-state index contributed by atoms with van der Waals surface area (Å²) in [5.41, 5.74) is 6.85. The van der Waals surface area contributed by atoms with Crippen LogP contribution in [0.3, 0.4) is 0 Å². The number of thioether (sulfide) groups is 1. The number of hydrogen-bond donors (Lipinski definition) is 1. The third-order valence-electron chi connectivity index (χ3n) is 3.31. The monoisotopic (exact) mass is 301 g/mol. The Kier molecular flexibility index (Phi) is 4.83. The zero-order valence-corrected chi connectivity index (χ0v) is 12.5. The Morgan fingerprint density at radius 2 is 2.42 bits per heavy atom. The highest BCUT2D eigenvalue weighted by molar-refractivity contribution is 8.00. The predicted octanol–water partition coefficient (Wildman–Crippen LogP) is 0.501. The summed E-state index contributed by atoms with van der Waals surface area (Å²) in [6.07, 6.45) is 4.77. The van der Waals surface area contributed by atoms with Crippen LogP contribution in [-0.4, -0.2) is 54.5 Å². The van der Waals surface area contributed by atoms with E-state index in [0.717, 1.165) is 17.9 Å². The normalized spacial score (nSPS) is 23.2. The summed E-state index contributed by atoms with van der Waals surface area (Å²) in [5.74, 6) is 1.54. The van der Waals surface area contributed by atoms with Crippen LogP contribution in [0.1, 0.15) is 11.6 Å². The Labute approximate surface area is 118 Å². The van der Waals surface area contributed by atoms with Crippen LogP contribution in [0.4, 0.5) is 0 Å². The molecule has 0 saturated carbocycles. The van der Waals surface area contributed by atoms with Gasteiger partial charge >= 0.3 is 0 Å². The van der Waals surface area contributed by atoms with E-state index in [1.165, 1.54) is 6.26 Å². The summed E-state index contributed by atoms with van der Waals surface area (Å²) < 4.78 is 23.9. The van der Waals surface area contributed by atoms with E-state index in [1.807, 2.05) is 17.0 Å². The molecule has 0 amide bonds. The molecule has 1 aliphatic heterocycles. The highest BCUT2D eigenvalue weighted by Gasteiger charge is 2.35. The van der Waals surface area contributed by atoms with Crippen LogP contribution in [0.25, 0.3) is 0 Å². The molecule has 2 heterocycles. The van der Waals surface area contributed by atoms with Gasteiger partial charge in [-0.15, -0.1) is 0 Å². The van der Waals surface area contributed by atoms with Crippen molar-refractivity contribution in [1.82, 2.24) is 9.88 Å². The van der Waals surface area contributed by atoms with Gasteiger partial charge in [0.2, 0.25) is 0 Å². The maximum absolute atomic E-state index is 11.9. The van der Waals surface area contributed by atoms with Crippen molar-refractivity contribution in [2.75, 3.05) is 30.9 Å². The highest BCUT2D eigenvalue weighted by Crippen LogP contribution is 2.29. The molecule has 2 rings (SSSR count). The molecule has 2 unspecified atom stereocenters. The number of nitrogens with zero attached hydrogens (tertiary/aromatic N) is 2. The Morgan fingerprint density at radius 1 is 1.63 bits per heavy atom. The van der Waals surface area contributed by atoms with Gasteiger partial charge in [-0.1, -0.05) is 6.07 Å². The minimum atomic E-state index is -3.11. The third kappa shape index (κ3) is 3.47. The number of pyridine rings is 1. The smallest absolute Gasteiger partial charge is 0.164 e. The number of rotatable bonds is 4. The summed E-state index contributed by atoms with van der Waals surface area (Å²) in [6, 6.07) is 3.71. The molecule has 0 radical (unpaired) electrons. The summed E-state index contributed by atoms with van der Waals surface area (Å²) in [7, 11) is -3.11. The second kappa shape index (κ2) is 6.21. The maximum atomic E-state index is 11.9. The average Bonchev–Trinajstić information content (AvgIpc) is 2.40. The van der Waals surface area contributed by atoms with Crippen LogP contribution < -0.4 is 5.73 Å². The van der Waals surface area contributed by atoms with Gasteiger partial charge in [0.15, 0.2) is 9.84 Å². The van der Waals surface area contributed by atoms with E-state index in [0.29, 0.717) is 12.3 Å². The van der Waals surface area contributed by atoms with Crippen LogP contribution in [0.5, 0.6) is 0 Å². The van der Waals surface area contributed by atoms with Crippen LogP contribution >= 0.6 is 11.8 Å². The molecule has 0 bridgehead atoms. The highest BCUT2D eigenvalue weighted by atomic mass is 32.2. The molecular weight excluding hydrogens is 282 g/mol. The van der Waals surface area contributed by atoms with Crippen molar-refractivity contribution in [3.05, 3.63) is 30.1 Å². The van der Waals surface area contributed by atoms with Gasteiger partial charge in [0.1, 0.15) is 5.37 Å². The molecule has 0 spiro atoms. The van der Waals surface area contributed by atoms with Crippen molar-refractivity contribution in [3.8, 4) is 0 Å². The van der Waals surface area contributed by atoms with Gasteiger partial charge in [0, 0.05) is 49.3 Å². The van der Waals surface area contributed by atoms with Gasteiger partial charge in [0.25, 0.3) is 0 Å². The first-order valence-electron chi connectivity index (χ1n) is 6.16. The predicted molar refractivity (Wildman–Crippen MR) is 78.7 cm³/mol. The fourth-order valence-electron chi connectivity index (χ4n) is 2.36. The lowest BCUT2D eigenvalue weighted by atomic mass is 10.1. The van der Waals surface area contributed by atoms with Crippen molar-refractivity contribution >= 4 is 21.6 Å². The van der Waals surface area contributed by atoms with Gasteiger partial charge < -0.3 is 5.73 Å². The molecule has 2 atom stereocenters. The molecule has 19 heavy (non-hydrogen) atoms. The molecule has 0 aliphatic carbocycles. The van der Waals surface area contributed by atoms with E-state index in [-0.39, 0.29) is 6.04 Å². The van der Waals surface area contributed by atoms with Crippen molar-refractivity contribution in [2.24, 2.45) is 5.73 Å². The molecule has 7 heteroatoms. The fourth-order valence-corrected chi connectivity index (χ4v) is 5.28. The van der Waals surface area contributed by atoms with Gasteiger partial charge in [0.05, 0.1) is 0 Å². The van der Waals surface area contributed by atoms with Gasteiger partial charge in [-0.2, -0.15) is 11.8 Å². The van der Waals surface area contributed by atoms with E-state index in [4.69, 9.17) is 5.73 Å². The van der Waals surface area contributed by atoms with Gasteiger partial charge in [-0.25, -0.2) is 8.42 Å². The second-order valence-electron chi connectivity index (χ2n) is 4.63. The number of aromatic nitrogens is 1. The Bertz CT molecular complexity index is 507. The molecule has 1 saturated heterocycles. The molecule has 2 N–H and O–H groups in total. The van der Waals surface area contributed by atoms with E-state index in [1.54, 1.807) is 24.2 Å². The minimum absolute atomic E-state index is 0.0886. The van der Waals surface area contributed by atoms with Crippen LogP contribution in [0.15, 0.2) is 24.5 Å². The first kappa shape index (κ1) is 14.8.